The van der Waals surface area contributed by atoms with Crippen molar-refractivity contribution in [1.29, 1.82) is 0 Å². The molecule has 30 heavy (non-hydrogen) atoms. The van der Waals surface area contributed by atoms with E-state index in [1.807, 2.05) is 14.1 Å². The fourth-order valence-corrected chi connectivity index (χ4v) is 7.09. The van der Waals surface area contributed by atoms with Crippen LogP contribution in [0.2, 0.25) is 0 Å². The van der Waals surface area contributed by atoms with E-state index in [2.05, 4.69) is 35.2 Å². The number of ketones is 3. The van der Waals surface area contributed by atoms with E-state index >= 15 is 0 Å². The third kappa shape index (κ3) is 2.99. The van der Waals surface area contributed by atoms with E-state index in [0.717, 1.165) is 30.5 Å². The van der Waals surface area contributed by atoms with E-state index in [-0.39, 0.29) is 29.5 Å². The van der Waals surface area contributed by atoms with Crippen molar-refractivity contribution in [3.8, 4) is 0 Å². The van der Waals surface area contributed by atoms with Crippen LogP contribution in [0.1, 0.15) is 50.5 Å². The van der Waals surface area contributed by atoms with Crippen molar-refractivity contribution in [3.05, 3.63) is 41.5 Å². The largest absolute Gasteiger partial charge is 0.378 e. The lowest BCUT2D eigenvalue weighted by atomic mass is 9.51. The molecule has 0 amide bonds. The summed E-state index contributed by atoms with van der Waals surface area (Å²) in [6.45, 7) is 0. The maximum atomic E-state index is 13.6. The highest BCUT2D eigenvalue weighted by Crippen LogP contribution is 2.60. The van der Waals surface area contributed by atoms with Gasteiger partial charge in [-0.05, 0) is 61.1 Å². The Morgan fingerprint density at radius 3 is 2.73 bits per heavy atom. The Labute approximate surface area is 178 Å². The predicted octanol–water partition coefficient (Wildman–Crippen LogP) is 4.17. The van der Waals surface area contributed by atoms with Gasteiger partial charge < -0.3 is 4.90 Å². The summed E-state index contributed by atoms with van der Waals surface area (Å²) in [6, 6.07) is 8.40. The molecule has 0 aromatic heterocycles. The Hall–Kier alpha value is -2.23. The summed E-state index contributed by atoms with van der Waals surface area (Å²) in [6.07, 6.45) is 7.64. The molecular formula is C26H31NO3. The zero-order valence-corrected chi connectivity index (χ0v) is 18.0. The van der Waals surface area contributed by atoms with E-state index in [1.54, 1.807) is 0 Å². The number of carbonyl (C=O) groups excluding carboxylic acids is 3. The molecule has 1 aromatic rings. The van der Waals surface area contributed by atoms with Crippen LogP contribution in [0, 0.1) is 29.1 Å². The monoisotopic (exact) mass is 405 g/mol. The van der Waals surface area contributed by atoms with Gasteiger partial charge in [-0.1, -0.05) is 23.8 Å². The number of rotatable bonds is 3. The Kier molecular flexibility index (Phi) is 4.72. The number of allylic oxidation sites excluding steroid dienone is 2. The van der Waals surface area contributed by atoms with Gasteiger partial charge >= 0.3 is 0 Å². The molecular weight excluding hydrogens is 374 g/mol. The molecule has 3 fully saturated rings. The highest BCUT2D eigenvalue weighted by molar-refractivity contribution is 5.96. The van der Waals surface area contributed by atoms with Crippen molar-refractivity contribution < 1.29 is 14.4 Å². The fraction of sp³-hybridized carbons (Fsp3) is 0.577. The van der Waals surface area contributed by atoms with Crippen molar-refractivity contribution in [2.75, 3.05) is 19.0 Å². The lowest BCUT2D eigenvalue weighted by molar-refractivity contribution is -0.146. The summed E-state index contributed by atoms with van der Waals surface area (Å²) in [7, 11) is 4.05. The van der Waals surface area contributed by atoms with Crippen LogP contribution in [0.4, 0.5) is 5.69 Å². The SMILES string of the molecule is CN(C)c1cccc(C[C@]23CC(=O)[C@H]4[C@@H](CC=C5CC(=O)CC[C@@H]54)[C@@H]2CCC3=O)c1. The normalized spacial score (nSPS) is 35.4. The minimum atomic E-state index is -0.529. The van der Waals surface area contributed by atoms with Crippen LogP contribution >= 0.6 is 0 Å². The number of carbonyl (C=O) groups is 3. The summed E-state index contributed by atoms with van der Waals surface area (Å²) in [5.41, 5.74) is 2.96. The second kappa shape index (κ2) is 7.18. The zero-order valence-electron chi connectivity index (χ0n) is 18.0. The maximum Gasteiger partial charge on any atom is 0.140 e. The van der Waals surface area contributed by atoms with Crippen molar-refractivity contribution in [2.45, 2.75) is 51.4 Å². The molecule has 5 rings (SSSR count). The molecule has 4 aliphatic carbocycles. The van der Waals surface area contributed by atoms with Gasteiger partial charge in [-0.2, -0.15) is 0 Å². The maximum absolute atomic E-state index is 13.6. The van der Waals surface area contributed by atoms with Crippen molar-refractivity contribution in [3.63, 3.8) is 0 Å². The summed E-state index contributed by atoms with van der Waals surface area (Å²) in [4.78, 5) is 40.8. The molecule has 0 bridgehead atoms. The van der Waals surface area contributed by atoms with E-state index in [4.69, 9.17) is 0 Å². The zero-order chi connectivity index (χ0) is 21.0. The Morgan fingerprint density at radius 2 is 1.93 bits per heavy atom. The van der Waals surface area contributed by atoms with Gasteiger partial charge in [-0.3, -0.25) is 14.4 Å². The fourth-order valence-electron chi connectivity index (χ4n) is 7.09. The van der Waals surface area contributed by atoms with Crippen LogP contribution in [-0.4, -0.2) is 31.4 Å². The number of anilines is 1. The smallest absolute Gasteiger partial charge is 0.140 e. The van der Waals surface area contributed by atoms with Gasteiger partial charge in [0.1, 0.15) is 17.3 Å². The van der Waals surface area contributed by atoms with Crippen molar-refractivity contribution in [2.24, 2.45) is 29.1 Å². The highest BCUT2D eigenvalue weighted by atomic mass is 16.1. The quantitative estimate of drug-likeness (QED) is 0.709. The van der Waals surface area contributed by atoms with Crippen LogP contribution in [0.25, 0.3) is 0 Å². The third-order valence-electron chi connectivity index (χ3n) is 8.43. The summed E-state index contributed by atoms with van der Waals surface area (Å²) < 4.78 is 0. The Morgan fingerprint density at radius 1 is 1.10 bits per heavy atom. The van der Waals surface area contributed by atoms with E-state index in [1.165, 1.54) is 5.57 Å². The first-order valence-corrected chi connectivity index (χ1v) is 11.4. The number of hydrogen-bond donors (Lipinski definition) is 0. The van der Waals surface area contributed by atoms with Crippen molar-refractivity contribution >= 4 is 23.0 Å². The molecule has 0 heterocycles. The molecule has 5 atom stereocenters. The minimum absolute atomic E-state index is 0.0234. The first-order valence-electron chi connectivity index (χ1n) is 11.4. The Balaban J connectivity index is 1.49. The summed E-state index contributed by atoms with van der Waals surface area (Å²) >= 11 is 0. The van der Waals surface area contributed by atoms with Crippen LogP contribution in [0.5, 0.6) is 0 Å². The molecule has 0 radical (unpaired) electrons. The van der Waals surface area contributed by atoms with Crippen LogP contribution in [0.15, 0.2) is 35.9 Å². The van der Waals surface area contributed by atoms with Crippen LogP contribution in [-0.2, 0) is 20.8 Å². The van der Waals surface area contributed by atoms with Crippen LogP contribution < -0.4 is 4.90 Å². The van der Waals surface area contributed by atoms with Gasteiger partial charge in [-0.25, -0.2) is 0 Å². The van der Waals surface area contributed by atoms with Gasteiger partial charge in [0.2, 0.25) is 0 Å². The van der Waals surface area contributed by atoms with Gasteiger partial charge in [0.05, 0.1) is 0 Å². The third-order valence-corrected chi connectivity index (χ3v) is 8.43. The molecule has 1 aromatic carbocycles. The number of Topliss-reactive ketones (excluding diaryl/α,β-unsaturated/α-hetero) is 3. The van der Waals surface area contributed by atoms with E-state index in [9.17, 15) is 14.4 Å². The van der Waals surface area contributed by atoms with Crippen molar-refractivity contribution in [1.82, 2.24) is 0 Å². The lowest BCUT2D eigenvalue weighted by Crippen LogP contribution is -2.53. The molecule has 4 aliphatic rings. The molecule has 3 saturated carbocycles. The standard InChI is InChI=1S/C26H31NO3/c1-27(2)18-5-3-4-16(12-18)14-26-15-23(29)25-20-9-7-19(28)13-17(20)6-8-21(25)22(26)10-11-24(26)30/h3-6,12,20-22,25H,7-11,13-15H2,1-2H3/t20-,21-,22-,25+,26-/m0/s1. The molecule has 0 N–H and O–H groups in total. The van der Waals surface area contributed by atoms with Crippen LogP contribution in [0.3, 0.4) is 0 Å². The summed E-state index contributed by atoms with van der Waals surface area (Å²) in [5, 5.41) is 0. The van der Waals surface area contributed by atoms with Gasteiger partial charge in [0.15, 0.2) is 0 Å². The minimum Gasteiger partial charge on any atom is -0.378 e. The predicted molar refractivity (Wildman–Crippen MR) is 116 cm³/mol. The molecule has 0 saturated heterocycles. The average molecular weight is 406 g/mol. The Bertz CT molecular complexity index is 945. The summed E-state index contributed by atoms with van der Waals surface area (Å²) in [5.74, 6) is 1.69. The highest BCUT2D eigenvalue weighted by Gasteiger charge is 2.60. The second-order valence-electron chi connectivity index (χ2n) is 10.2. The number of hydrogen-bond acceptors (Lipinski definition) is 4. The topological polar surface area (TPSA) is 54.5 Å². The van der Waals surface area contributed by atoms with E-state index < -0.39 is 5.41 Å². The van der Waals surface area contributed by atoms with Gasteiger partial charge in [0.25, 0.3) is 0 Å². The molecule has 0 aliphatic heterocycles. The molecule has 4 nitrogen and oxygen atoms in total. The molecule has 0 unspecified atom stereocenters. The first-order chi connectivity index (χ1) is 14.4. The lowest BCUT2D eigenvalue weighted by Gasteiger charge is -2.51. The molecule has 158 valence electrons. The first kappa shape index (κ1) is 19.7. The van der Waals surface area contributed by atoms with Gasteiger partial charge in [-0.15, -0.1) is 0 Å². The molecule has 0 spiro atoms. The number of benzene rings is 1. The number of nitrogens with zero attached hydrogens (tertiary/aromatic N) is 1. The number of fused-ring (bicyclic) bond motifs is 5. The second-order valence-corrected chi connectivity index (χ2v) is 10.2. The molecule has 4 heteroatoms. The van der Waals surface area contributed by atoms with Gasteiger partial charge in [0, 0.05) is 56.8 Å². The van der Waals surface area contributed by atoms with E-state index in [0.29, 0.717) is 43.7 Å². The average Bonchev–Trinajstić information content (AvgIpc) is 3.03.